The minimum Gasteiger partial charge on any atom is -0.494 e. The number of hydrogen-bond acceptors (Lipinski definition) is 2. The van der Waals surface area contributed by atoms with E-state index in [4.69, 9.17) is 9.72 Å². The van der Waals surface area contributed by atoms with E-state index in [1.807, 2.05) is 12.1 Å². The van der Waals surface area contributed by atoms with Gasteiger partial charge in [0.2, 0.25) is 0 Å². The number of fused-ring (bicyclic) bond motifs is 1. The fourth-order valence-corrected chi connectivity index (χ4v) is 8.57. The minimum atomic E-state index is -1.98. The van der Waals surface area contributed by atoms with Crippen LogP contribution in [-0.2, 0) is 6.16 Å². The molecule has 2 nitrogen and oxygen atoms in total. The molecule has 1 heterocycles. The van der Waals surface area contributed by atoms with Crippen LogP contribution >= 0.6 is 7.26 Å². The number of nitrogens with zero attached hydrogens (tertiary/aromatic N) is 1. The summed E-state index contributed by atoms with van der Waals surface area (Å²) in [5.74, 6) is 0.812. The zero-order chi connectivity index (χ0) is 21.8. The van der Waals surface area contributed by atoms with Crippen molar-refractivity contribution in [2.75, 3.05) is 7.11 Å². The van der Waals surface area contributed by atoms with Gasteiger partial charge >= 0.3 is 0 Å². The smallest absolute Gasteiger partial charge is 0.145 e. The largest absolute Gasteiger partial charge is 0.494 e. The Bertz CT molecular complexity index is 1220. The van der Waals surface area contributed by atoms with Gasteiger partial charge in [0.25, 0.3) is 0 Å². The van der Waals surface area contributed by atoms with Gasteiger partial charge in [0.05, 0.1) is 12.8 Å². The summed E-state index contributed by atoms with van der Waals surface area (Å²) in [5.41, 5.74) is 1.99. The number of aromatic nitrogens is 1. The SMILES string of the molecule is COc1cccc2ccc(C[P+](c3ccccc3)(c3ccccc3)c3ccccc3)nc12. The molecule has 0 aliphatic heterocycles. The van der Waals surface area contributed by atoms with Crippen molar-refractivity contribution in [3.63, 3.8) is 0 Å². The third kappa shape index (κ3) is 3.68. The molecule has 5 aromatic rings. The van der Waals surface area contributed by atoms with Gasteiger partial charge in [-0.25, -0.2) is 4.98 Å². The highest BCUT2D eigenvalue weighted by Gasteiger charge is 2.45. The van der Waals surface area contributed by atoms with E-state index in [9.17, 15) is 0 Å². The first kappa shape index (κ1) is 20.4. The standard InChI is InChI=1S/C29H25NOP/c1-31-28-19-11-12-23-20-21-24(30-29(23)28)22-32(25-13-5-2-6-14-25,26-15-7-3-8-16-26)27-17-9-4-10-18-27/h2-21H,22H2,1H3/q+1. The van der Waals surface area contributed by atoms with Gasteiger partial charge in [-0.3, -0.25) is 0 Å². The maximum absolute atomic E-state index is 5.61. The van der Waals surface area contributed by atoms with Crippen molar-refractivity contribution < 1.29 is 4.74 Å². The zero-order valence-corrected chi connectivity index (χ0v) is 19.0. The van der Waals surface area contributed by atoms with Crippen LogP contribution in [0.3, 0.4) is 0 Å². The summed E-state index contributed by atoms with van der Waals surface area (Å²) in [6, 6.07) is 43.2. The quantitative estimate of drug-likeness (QED) is 0.318. The monoisotopic (exact) mass is 434 g/mol. The Morgan fingerprint density at radius 1 is 0.594 bits per heavy atom. The van der Waals surface area contributed by atoms with Gasteiger partial charge in [-0.05, 0) is 48.5 Å². The van der Waals surface area contributed by atoms with Gasteiger partial charge in [0, 0.05) is 5.39 Å². The highest BCUT2D eigenvalue weighted by atomic mass is 31.2. The van der Waals surface area contributed by atoms with E-state index >= 15 is 0 Å². The Morgan fingerprint density at radius 2 is 1.12 bits per heavy atom. The Kier molecular flexibility index (Phi) is 5.71. The molecule has 0 fully saturated rings. The Labute approximate surface area is 189 Å². The number of methoxy groups -OCH3 is 1. The van der Waals surface area contributed by atoms with Crippen molar-refractivity contribution in [1.29, 1.82) is 0 Å². The van der Waals surface area contributed by atoms with E-state index < -0.39 is 7.26 Å². The summed E-state index contributed by atoms with van der Waals surface area (Å²) in [7, 11) is -0.273. The minimum absolute atomic E-state index is 0.812. The lowest BCUT2D eigenvalue weighted by Gasteiger charge is -2.27. The molecule has 0 aliphatic rings. The van der Waals surface area contributed by atoms with Crippen molar-refractivity contribution in [1.82, 2.24) is 4.98 Å². The van der Waals surface area contributed by atoms with Crippen LogP contribution in [0.2, 0.25) is 0 Å². The van der Waals surface area contributed by atoms with E-state index in [1.165, 1.54) is 15.9 Å². The predicted octanol–water partition coefficient (Wildman–Crippen LogP) is 5.74. The number of ether oxygens (including phenoxy) is 1. The third-order valence-corrected chi connectivity index (χ3v) is 10.3. The second kappa shape index (κ2) is 8.94. The third-order valence-electron chi connectivity index (χ3n) is 5.95. The lowest BCUT2D eigenvalue weighted by Crippen LogP contribution is -2.32. The van der Waals surface area contributed by atoms with Crippen molar-refractivity contribution in [2.45, 2.75) is 6.16 Å². The highest BCUT2D eigenvalue weighted by Crippen LogP contribution is 2.58. The number of rotatable bonds is 6. The first-order valence-electron chi connectivity index (χ1n) is 10.8. The van der Waals surface area contributed by atoms with Crippen LogP contribution in [-0.4, -0.2) is 12.1 Å². The first-order valence-corrected chi connectivity index (χ1v) is 12.8. The van der Waals surface area contributed by atoms with Crippen LogP contribution < -0.4 is 20.7 Å². The number of pyridine rings is 1. The molecule has 0 aliphatic carbocycles. The highest BCUT2D eigenvalue weighted by molar-refractivity contribution is 7.95. The second-order valence-electron chi connectivity index (χ2n) is 7.81. The molecule has 0 radical (unpaired) electrons. The molecule has 3 heteroatoms. The van der Waals surface area contributed by atoms with E-state index in [-0.39, 0.29) is 0 Å². The molecule has 0 bridgehead atoms. The number of para-hydroxylation sites is 1. The lowest BCUT2D eigenvalue weighted by molar-refractivity contribution is 0.419. The van der Waals surface area contributed by atoms with E-state index in [2.05, 4.69) is 109 Å². The molecule has 0 saturated carbocycles. The molecular weight excluding hydrogens is 409 g/mol. The molecule has 0 atom stereocenters. The molecule has 5 rings (SSSR count). The summed E-state index contributed by atoms with van der Waals surface area (Å²) in [6.45, 7) is 0. The average Bonchev–Trinajstić information content (AvgIpc) is 2.88. The summed E-state index contributed by atoms with van der Waals surface area (Å²) in [4.78, 5) is 5.11. The molecule has 1 aromatic heterocycles. The van der Waals surface area contributed by atoms with Crippen molar-refractivity contribution in [3.05, 3.63) is 127 Å². The fraction of sp³-hybridized carbons (Fsp3) is 0.0690. The van der Waals surface area contributed by atoms with Gasteiger partial charge in [-0.1, -0.05) is 72.8 Å². The maximum Gasteiger partial charge on any atom is 0.145 e. The first-order chi connectivity index (χ1) is 15.8. The number of hydrogen-bond donors (Lipinski definition) is 0. The maximum atomic E-state index is 5.61. The summed E-state index contributed by atoms with van der Waals surface area (Å²) < 4.78 is 5.61. The molecule has 32 heavy (non-hydrogen) atoms. The van der Waals surface area contributed by atoms with E-state index in [0.29, 0.717) is 0 Å². The van der Waals surface area contributed by atoms with Gasteiger partial charge in [-0.2, -0.15) is 0 Å². The van der Waals surface area contributed by atoms with Crippen LogP contribution in [0.15, 0.2) is 121 Å². The van der Waals surface area contributed by atoms with Gasteiger partial charge < -0.3 is 4.74 Å². The summed E-state index contributed by atoms with van der Waals surface area (Å²) in [6.07, 6.45) is 0.846. The molecular formula is C29H25NOP+. The molecule has 0 N–H and O–H groups in total. The van der Waals surface area contributed by atoms with Gasteiger partial charge in [0.15, 0.2) is 0 Å². The molecule has 0 unspecified atom stereocenters. The average molecular weight is 434 g/mol. The van der Waals surface area contributed by atoms with Crippen molar-refractivity contribution in [3.8, 4) is 5.75 Å². The lowest BCUT2D eigenvalue weighted by atomic mass is 10.2. The van der Waals surface area contributed by atoms with Crippen LogP contribution in [0.5, 0.6) is 5.75 Å². The van der Waals surface area contributed by atoms with Crippen molar-refractivity contribution in [2.24, 2.45) is 0 Å². The second-order valence-corrected chi connectivity index (χ2v) is 11.3. The predicted molar refractivity (Wildman–Crippen MR) is 137 cm³/mol. The molecule has 156 valence electrons. The Morgan fingerprint density at radius 3 is 1.62 bits per heavy atom. The normalized spacial score (nSPS) is 11.4. The molecule has 0 saturated heterocycles. The summed E-state index contributed by atoms with van der Waals surface area (Å²) >= 11 is 0. The van der Waals surface area contributed by atoms with E-state index in [1.54, 1.807) is 7.11 Å². The number of benzene rings is 4. The zero-order valence-electron chi connectivity index (χ0n) is 18.1. The Balaban J connectivity index is 1.76. The molecule has 4 aromatic carbocycles. The molecule has 0 spiro atoms. The topological polar surface area (TPSA) is 22.1 Å². The van der Waals surface area contributed by atoms with Gasteiger partial charge in [-0.15, -0.1) is 0 Å². The Hall–Kier alpha value is -3.48. The summed E-state index contributed by atoms with van der Waals surface area (Å²) in [5, 5.41) is 5.18. The van der Waals surface area contributed by atoms with Crippen molar-refractivity contribution >= 4 is 34.1 Å². The fourth-order valence-electron chi connectivity index (χ4n) is 4.42. The van der Waals surface area contributed by atoms with Crippen LogP contribution in [0.4, 0.5) is 0 Å². The van der Waals surface area contributed by atoms with Gasteiger partial charge in [0.1, 0.15) is 40.6 Å². The van der Waals surface area contributed by atoms with Crippen LogP contribution in [0.1, 0.15) is 5.69 Å². The van der Waals surface area contributed by atoms with Crippen LogP contribution in [0, 0.1) is 0 Å². The van der Waals surface area contributed by atoms with Crippen LogP contribution in [0.25, 0.3) is 10.9 Å². The molecule has 0 amide bonds. The van der Waals surface area contributed by atoms with E-state index in [0.717, 1.165) is 28.5 Å².